The molecule has 0 aliphatic heterocycles. The molecule has 0 bridgehead atoms. The van der Waals surface area contributed by atoms with Crippen molar-refractivity contribution >= 4 is 28.8 Å². The van der Waals surface area contributed by atoms with Crippen LogP contribution in [0.5, 0.6) is 5.75 Å². The molecule has 0 spiro atoms. The van der Waals surface area contributed by atoms with E-state index >= 15 is 0 Å². The standard InChI is InChI=1S/C22H20ClFN2O2S/c1-14-25-16(13-29-14)12-28-18-9-5-15(6-10-18)22(27)26(17-7-8-17)11-19-20(23)3-2-4-21(19)24/h2-6,9-10,13,17H,7-8,11-12H2,1H3. The Balaban J connectivity index is 1.45. The van der Waals surface area contributed by atoms with Gasteiger partial charge in [-0.05, 0) is 56.2 Å². The number of carbonyl (C=O) groups is 1. The molecule has 1 fully saturated rings. The smallest absolute Gasteiger partial charge is 0.254 e. The third-order valence-electron chi connectivity index (χ3n) is 4.79. The van der Waals surface area contributed by atoms with Gasteiger partial charge in [-0.1, -0.05) is 17.7 Å². The molecule has 0 atom stereocenters. The lowest BCUT2D eigenvalue weighted by Crippen LogP contribution is -2.33. The summed E-state index contributed by atoms with van der Waals surface area (Å²) in [6.45, 7) is 2.50. The number of ether oxygens (including phenoxy) is 1. The van der Waals surface area contributed by atoms with Crippen LogP contribution >= 0.6 is 22.9 Å². The van der Waals surface area contributed by atoms with Crippen LogP contribution in [0.2, 0.25) is 5.02 Å². The molecule has 1 aromatic heterocycles. The third kappa shape index (κ3) is 4.77. The first-order valence-corrected chi connectivity index (χ1v) is 10.6. The molecule has 0 N–H and O–H groups in total. The van der Waals surface area contributed by atoms with Crippen LogP contribution in [0.15, 0.2) is 47.8 Å². The minimum Gasteiger partial charge on any atom is -0.487 e. The molecule has 4 rings (SSSR count). The van der Waals surface area contributed by atoms with Crippen LogP contribution in [0.1, 0.15) is 39.5 Å². The first kappa shape index (κ1) is 19.9. The summed E-state index contributed by atoms with van der Waals surface area (Å²) in [6.07, 6.45) is 1.85. The van der Waals surface area contributed by atoms with Crippen LogP contribution in [0.3, 0.4) is 0 Å². The first-order chi connectivity index (χ1) is 14.0. The molecule has 0 saturated heterocycles. The van der Waals surface area contributed by atoms with Gasteiger partial charge in [-0.15, -0.1) is 11.3 Å². The molecule has 1 aliphatic rings. The van der Waals surface area contributed by atoms with E-state index < -0.39 is 5.82 Å². The monoisotopic (exact) mass is 430 g/mol. The van der Waals surface area contributed by atoms with E-state index in [0.29, 0.717) is 28.5 Å². The first-order valence-electron chi connectivity index (χ1n) is 9.39. The zero-order valence-electron chi connectivity index (χ0n) is 15.9. The zero-order valence-corrected chi connectivity index (χ0v) is 17.5. The van der Waals surface area contributed by atoms with Gasteiger partial charge in [0.25, 0.3) is 5.91 Å². The van der Waals surface area contributed by atoms with Crippen molar-refractivity contribution < 1.29 is 13.9 Å². The minimum absolute atomic E-state index is 0.127. The summed E-state index contributed by atoms with van der Waals surface area (Å²) < 4.78 is 19.9. The fourth-order valence-electron chi connectivity index (χ4n) is 3.10. The lowest BCUT2D eigenvalue weighted by atomic mass is 10.1. The molecule has 1 aliphatic carbocycles. The molecule has 1 amide bonds. The van der Waals surface area contributed by atoms with E-state index in [0.717, 1.165) is 23.5 Å². The van der Waals surface area contributed by atoms with Crippen LogP contribution in [0.4, 0.5) is 4.39 Å². The largest absolute Gasteiger partial charge is 0.487 e. The van der Waals surface area contributed by atoms with Crippen molar-refractivity contribution in [2.45, 2.75) is 39.0 Å². The molecule has 0 radical (unpaired) electrons. The van der Waals surface area contributed by atoms with Gasteiger partial charge in [0.15, 0.2) is 0 Å². The van der Waals surface area contributed by atoms with Gasteiger partial charge in [0, 0.05) is 27.6 Å². The lowest BCUT2D eigenvalue weighted by molar-refractivity contribution is 0.0728. The Morgan fingerprint density at radius 3 is 2.66 bits per heavy atom. The SMILES string of the molecule is Cc1nc(COc2ccc(C(=O)N(Cc3c(F)cccc3Cl)C3CC3)cc2)cs1. The van der Waals surface area contributed by atoms with Crippen molar-refractivity contribution in [1.29, 1.82) is 0 Å². The average molecular weight is 431 g/mol. The van der Waals surface area contributed by atoms with Gasteiger partial charge in [-0.2, -0.15) is 0 Å². The van der Waals surface area contributed by atoms with Crippen molar-refractivity contribution in [3.63, 3.8) is 0 Å². The highest BCUT2D eigenvalue weighted by Crippen LogP contribution is 2.32. The number of rotatable bonds is 7. The molecule has 150 valence electrons. The van der Waals surface area contributed by atoms with E-state index in [9.17, 15) is 9.18 Å². The van der Waals surface area contributed by atoms with Crippen LogP contribution in [-0.2, 0) is 13.2 Å². The quantitative estimate of drug-likeness (QED) is 0.488. The van der Waals surface area contributed by atoms with Gasteiger partial charge in [0.05, 0.1) is 17.2 Å². The summed E-state index contributed by atoms with van der Waals surface area (Å²) in [5, 5.41) is 3.30. The summed E-state index contributed by atoms with van der Waals surface area (Å²) in [4.78, 5) is 19.1. The van der Waals surface area contributed by atoms with Crippen molar-refractivity contribution in [3.05, 3.63) is 80.5 Å². The maximum atomic E-state index is 14.2. The Kier molecular flexibility index (Phi) is 5.83. The van der Waals surface area contributed by atoms with E-state index in [1.807, 2.05) is 12.3 Å². The highest BCUT2D eigenvalue weighted by Gasteiger charge is 2.34. The molecule has 1 saturated carbocycles. The molecule has 3 aromatic rings. The Hall–Kier alpha value is -2.44. The van der Waals surface area contributed by atoms with E-state index in [-0.39, 0.29) is 18.5 Å². The second-order valence-corrected chi connectivity index (χ2v) is 8.50. The summed E-state index contributed by atoms with van der Waals surface area (Å²) in [7, 11) is 0. The fourth-order valence-corrected chi connectivity index (χ4v) is 3.92. The van der Waals surface area contributed by atoms with E-state index in [2.05, 4.69) is 4.98 Å². The summed E-state index contributed by atoms with van der Waals surface area (Å²) in [6, 6.07) is 11.7. The number of carbonyl (C=O) groups excluding carboxylic acids is 1. The molecule has 4 nitrogen and oxygen atoms in total. The van der Waals surface area contributed by atoms with Crippen LogP contribution < -0.4 is 4.74 Å². The van der Waals surface area contributed by atoms with Gasteiger partial charge in [0.2, 0.25) is 0 Å². The van der Waals surface area contributed by atoms with Crippen LogP contribution in [0.25, 0.3) is 0 Å². The van der Waals surface area contributed by atoms with Gasteiger partial charge < -0.3 is 9.64 Å². The summed E-state index contributed by atoms with van der Waals surface area (Å²) in [5.74, 6) is 0.146. The number of halogens is 2. The second kappa shape index (κ2) is 8.51. The van der Waals surface area contributed by atoms with Gasteiger partial charge in [-0.25, -0.2) is 9.37 Å². The Morgan fingerprint density at radius 1 is 1.28 bits per heavy atom. The molecule has 1 heterocycles. The van der Waals surface area contributed by atoms with Gasteiger partial charge >= 0.3 is 0 Å². The van der Waals surface area contributed by atoms with E-state index in [1.54, 1.807) is 52.6 Å². The fraction of sp³-hybridized carbons (Fsp3) is 0.273. The number of aromatic nitrogens is 1. The second-order valence-electron chi connectivity index (χ2n) is 7.04. The maximum Gasteiger partial charge on any atom is 0.254 e. The van der Waals surface area contributed by atoms with Crippen molar-refractivity contribution in [1.82, 2.24) is 9.88 Å². The molecular weight excluding hydrogens is 411 g/mol. The predicted molar refractivity (Wildman–Crippen MR) is 112 cm³/mol. The summed E-state index contributed by atoms with van der Waals surface area (Å²) in [5.41, 5.74) is 1.78. The normalized spacial score (nSPS) is 13.3. The molecule has 2 aromatic carbocycles. The Labute approximate surface area is 177 Å². The molecular formula is C22H20ClFN2O2S. The van der Waals surface area contributed by atoms with Crippen LogP contribution in [-0.4, -0.2) is 21.8 Å². The highest BCUT2D eigenvalue weighted by atomic mass is 35.5. The topological polar surface area (TPSA) is 42.4 Å². The molecule has 7 heteroatoms. The third-order valence-corrected chi connectivity index (χ3v) is 5.97. The van der Waals surface area contributed by atoms with E-state index in [1.165, 1.54) is 6.07 Å². The Morgan fingerprint density at radius 2 is 2.03 bits per heavy atom. The molecule has 0 unspecified atom stereocenters. The predicted octanol–water partition coefficient (Wildman–Crippen LogP) is 5.63. The number of hydrogen-bond acceptors (Lipinski definition) is 4. The summed E-state index contributed by atoms with van der Waals surface area (Å²) >= 11 is 7.74. The lowest BCUT2D eigenvalue weighted by Gasteiger charge is -2.23. The minimum atomic E-state index is -0.392. The van der Waals surface area contributed by atoms with Crippen molar-refractivity contribution in [2.75, 3.05) is 0 Å². The Bertz CT molecular complexity index is 998. The van der Waals surface area contributed by atoms with E-state index in [4.69, 9.17) is 16.3 Å². The highest BCUT2D eigenvalue weighted by molar-refractivity contribution is 7.09. The zero-order chi connectivity index (χ0) is 20.4. The number of nitrogens with zero attached hydrogens (tertiary/aromatic N) is 2. The molecule has 29 heavy (non-hydrogen) atoms. The number of aryl methyl sites for hydroxylation is 1. The van der Waals surface area contributed by atoms with Crippen LogP contribution in [0, 0.1) is 12.7 Å². The number of hydrogen-bond donors (Lipinski definition) is 0. The van der Waals surface area contributed by atoms with Gasteiger partial charge in [0.1, 0.15) is 18.2 Å². The number of benzene rings is 2. The maximum absolute atomic E-state index is 14.2. The number of thiazole rings is 1. The van der Waals surface area contributed by atoms with Gasteiger partial charge in [-0.3, -0.25) is 4.79 Å². The van der Waals surface area contributed by atoms with Crippen molar-refractivity contribution in [3.8, 4) is 5.75 Å². The number of amides is 1. The van der Waals surface area contributed by atoms with Crippen molar-refractivity contribution in [2.24, 2.45) is 0 Å². The average Bonchev–Trinajstić information content (AvgIpc) is 3.47.